The molecule has 90 valence electrons. The van der Waals surface area contributed by atoms with Crippen LogP contribution in [0.1, 0.15) is 17.4 Å². The van der Waals surface area contributed by atoms with Crippen molar-refractivity contribution in [2.24, 2.45) is 0 Å². The number of carbonyl (C=O) groups is 1. The van der Waals surface area contributed by atoms with Gasteiger partial charge in [-0.05, 0) is 18.2 Å². The molecule has 0 amide bonds. The van der Waals surface area contributed by atoms with Gasteiger partial charge in [-0.1, -0.05) is 0 Å². The minimum Gasteiger partial charge on any atom is -0.293 e. The Morgan fingerprint density at radius 3 is 2.76 bits per heavy atom. The van der Waals surface area contributed by atoms with Crippen LogP contribution < -0.4 is 0 Å². The topological polar surface area (TPSA) is 34.9 Å². The van der Waals surface area contributed by atoms with Crippen LogP contribution in [-0.4, -0.2) is 22.0 Å². The fourth-order valence-electron chi connectivity index (χ4n) is 1.68. The zero-order valence-electron chi connectivity index (χ0n) is 8.95. The molecule has 0 radical (unpaired) electrons. The van der Waals surface area contributed by atoms with Crippen molar-refractivity contribution >= 4 is 16.7 Å². The van der Waals surface area contributed by atoms with E-state index in [9.17, 15) is 18.0 Å². The lowest BCUT2D eigenvalue weighted by molar-refractivity contribution is 0.100. The average Bonchev–Trinajstić information content (AvgIpc) is 2.56. The Bertz CT molecular complexity index is 577. The summed E-state index contributed by atoms with van der Waals surface area (Å²) in [6.45, 7) is 0.630. The van der Waals surface area contributed by atoms with Gasteiger partial charge in [0.1, 0.15) is 18.1 Å². The predicted molar refractivity (Wildman–Crippen MR) is 55.7 cm³/mol. The molecule has 3 nitrogen and oxygen atoms in total. The minimum absolute atomic E-state index is 0.0839. The summed E-state index contributed by atoms with van der Waals surface area (Å²) in [4.78, 5) is 11.3. The van der Waals surface area contributed by atoms with E-state index in [1.54, 1.807) is 0 Å². The number of hydrogen-bond donors (Lipinski definition) is 0. The fourth-order valence-corrected chi connectivity index (χ4v) is 1.68. The van der Waals surface area contributed by atoms with E-state index < -0.39 is 18.8 Å². The van der Waals surface area contributed by atoms with Crippen molar-refractivity contribution < 1.29 is 18.0 Å². The zero-order valence-corrected chi connectivity index (χ0v) is 8.95. The Kier molecular flexibility index (Phi) is 2.87. The molecule has 0 N–H and O–H groups in total. The molecule has 0 fully saturated rings. The van der Waals surface area contributed by atoms with Crippen LogP contribution in [0.15, 0.2) is 18.2 Å². The number of aromatic nitrogens is 2. The van der Waals surface area contributed by atoms with Crippen LogP contribution in [0.5, 0.6) is 0 Å². The number of halogens is 3. The highest BCUT2D eigenvalue weighted by Crippen LogP contribution is 2.21. The Labute approximate surface area is 94.8 Å². The number of benzene rings is 1. The number of nitrogens with zero attached hydrogens (tertiary/aromatic N) is 2. The summed E-state index contributed by atoms with van der Waals surface area (Å²) in [7, 11) is 0. The van der Waals surface area contributed by atoms with Crippen molar-refractivity contribution in [3.05, 3.63) is 29.7 Å². The first kappa shape index (κ1) is 11.6. The van der Waals surface area contributed by atoms with Crippen LogP contribution in [0.2, 0.25) is 0 Å². The summed E-state index contributed by atoms with van der Waals surface area (Å²) in [5.41, 5.74) is 0.288. The van der Waals surface area contributed by atoms with Gasteiger partial charge in [-0.2, -0.15) is 5.10 Å². The molecule has 6 heteroatoms. The summed E-state index contributed by atoms with van der Waals surface area (Å²) in [5, 5.41) is 4.18. The van der Waals surface area contributed by atoms with Crippen molar-refractivity contribution in [3.63, 3.8) is 0 Å². The highest BCUT2D eigenvalue weighted by molar-refractivity contribution is 6.04. The Hall–Kier alpha value is -1.85. The molecule has 0 unspecified atom stereocenters. The molecule has 2 aromatic rings. The van der Waals surface area contributed by atoms with Gasteiger partial charge in [0.2, 0.25) is 0 Å². The number of alkyl halides is 2. The second-order valence-corrected chi connectivity index (χ2v) is 3.64. The first-order valence-corrected chi connectivity index (χ1v) is 4.94. The lowest BCUT2D eigenvalue weighted by Gasteiger charge is -2.01. The molecule has 0 atom stereocenters. The summed E-state index contributed by atoms with van der Waals surface area (Å²) >= 11 is 0. The quantitative estimate of drug-likeness (QED) is 0.775. The number of hydrogen-bond acceptors (Lipinski definition) is 2. The van der Waals surface area contributed by atoms with Gasteiger partial charge in [0, 0.05) is 12.3 Å². The summed E-state index contributed by atoms with van der Waals surface area (Å²) in [6, 6.07) is 3.64. The highest BCUT2D eigenvalue weighted by atomic mass is 19.3. The maximum atomic E-state index is 13.1. The van der Waals surface area contributed by atoms with Crippen molar-refractivity contribution in [2.75, 3.05) is 0 Å². The maximum absolute atomic E-state index is 13.1. The molecule has 0 aliphatic heterocycles. The summed E-state index contributed by atoms with van der Waals surface area (Å²) < 4.78 is 38.6. The minimum atomic E-state index is -2.61. The van der Waals surface area contributed by atoms with Crippen molar-refractivity contribution in [1.29, 1.82) is 0 Å². The van der Waals surface area contributed by atoms with Crippen LogP contribution in [0.3, 0.4) is 0 Å². The van der Waals surface area contributed by atoms with Crippen LogP contribution in [0.4, 0.5) is 13.2 Å². The highest BCUT2D eigenvalue weighted by Gasteiger charge is 2.16. The van der Waals surface area contributed by atoms with Crippen LogP contribution in [0, 0.1) is 5.82 Å². The van der Waals surface area contributed by atoms with E-state index in [1.165, 1.54) is 19.1 Å². The van der Waals surface area contributed by atoms with Crippen LogP contribution in [0.25, 0.3) is 10.9 Å². The van der Waals surface area contributed by atoms with Gasteiger partial charge in [-0.15, -0.1) is 0 Å². The van der Waals surface area contributed by atoms with E-state index in [-0.39, 0.29) is 17.0 Å². The number of carbonyl (C=O) groups excluding carboxylic acids is 1. The lowest BCUT2D eigenvalue weighted by Crippen LogP contribution is -2.08. The third-order valence-corrected chi connectivity index (χ3v) is 2.36. The van der Waals surface area contributed by atoms with E-state index in [0.717, 1.165) is 10.7 Å². The molecule has 17 heavy (non-hydrogen) atoms. The number of rotatable bonds is 3. The molecule has 0 bridgehead atoms. The molecule has 0 aliphatic rings. The largest absolute Gasteiger partial charge is 0.293 e. The van der Waals surface area contributed by atoms with E-state index in [4.69, 9.17) is 0 Å². The first-order valence-electron chi connectivity index (χ1n) is 4.94. The predicted octanol–water partition coefficient (Wildman–Crippen LogP) is 2.64. The number of ketones is 1. The number of Topliss-reactive ketones (excluding diaryl/α,β-unsaturated/α-hetero) is 1. The summed E-state index contributed by atoms with van der Waals surface area (Å²) in [5.74, 6) is -0.891. The smallest absolute Gasteiger partial charge is 0.257 e. The standard InChI is InChI=1S/C11H9F3N2O/c1-6(17)11-8-3-2-7(12)4-9(8)16(15-11)5-10(13)14/h2-4,10H,5H2,1H3. The molecule has 0 aliphatic carbocycles. The van der Waals surface area contributed by atoms with Gasteiger partial charge in [0.05, 0.1) is 5.52 Å². The second-order valence-electron chi connectivity index (χ2n) is 3.64. The Balaban J connectivity index is 2.66. The molecule has 0 saturated heterocycles. The molecule has 0 saturated carbocycles. The van der Waals surface area contributed by atoms with E-state index in [0.29, 0.717) is 5.39 Å². The van der Waals surface area contributed by atoms with E-state index in [1.807, 2.05) is 0 Å². The summed E-state index contributed by atoms with van der Waals surface area (Å²) in [6.07, 6.45) is -2.61. The lowest BCUT2D eigenvalue weighted by atomic mass is 10.1. The molecule has 1 aromatic carbocycles. The van der Waals surface area contributed by atoms with Gasteiger partial charge >= 0.3 is 0 Å². The molecule has 1 heterocycles. The van der Waals surface area contributed by atoms with Crippen molar-refractivity contribution in [3.8, 4) is 0 Å². The van der Waals surface area contributed by atoms with Crippen molar-refractivity contribution in [1.82, 2.24) is 9.78 Å². The van der Waals surface area contributed by atoms with Gasteiger partial charge in [-0.25, -0.2) is 13.2 Å². The van der Waals surface area contributed by atoms with Crippen LogP contribution >= 0.6 is 0 Å². The SMILES string of the molecule is CC(=O)c1nn(CC(F)F)c2cc(F)ccc12. The van der Waals surface area contributed by atoms with Gasteiger partial charge in [-0.3, -0.25) is 9.48 Å². The molecular weight excluding hydrogens is 233 g/mol. The fraction of sp³-hybridized carbons (Fsp3) is 0.273. The van der Waals surface area contributed by atoms with Gasteiger partial charge < -0.3 is 0 Å². The third kappa shape index (κ3) is 2.15. The van der Waals surface area contributed by atoms with E-state index in [2.05, 4.69) is 5.10 Å². The molecule has 1 aromatic heterocycles. The maximum Gasteiger partial charge on any atom is 0.257 e. The van der Waals surface area contributed by atoms with Crippen molar-refractivity contribution in [2.45, 2.75) is 19.9 Å². The normalized spacial score (nSPS) is 11.4. The molecule has 2 rings (SSSR count). The Morgan fingerprint density at radius 1 is 1.47 bits per heavy atom. The van der Waals surface area contributed by atoms with Crippen LogP contribution in [-0.2, 0) is 6.54 Å². The molecule has 0 spiro atoms. The van der Waals surface area contributed by atoms with Gasteiger partial charge in [0.15, 0.2) is 5.78 Å². The second kappa shape index (κ2) is 4.20. The van der Waals surface area contributed by atoms with E-state index >= 15 is 0 Å². The zero-order chi connectivity index (χ0) is 12.6. The number of fused-ring (bicyclic) bond motifs is 1. The average molecular weight is 242 g/mol. The first-order chi connectivity index (χ1) is 7.99. The molecular formula is C11H9F3N2O. The Morgan fingerprint density at radius 2 is 2.18 bits per heavy atom. The van der Waals surface area contributed by atoms with Gasteiger partial charge in [0.25, 0.3) is 6.43 Å². The monoisotopic (exact) mass is 242 g/mol. The third-order valence-electron chi connectivity index (χ3n) is 2.36.